The molecule has 1 unspecified atom stereocenters. The van der Waals surface area contributed by atoms with Crippen LogP contribution in [0.1, 0.15) is 40.5 Å². The Morgan fingerprint density at radius 2 is 2.09 bits per heavy atom. The summed E-state index contributed by atoms with van der Waals surface area (Å²) in [6, 6.07) is 12.7. The van der Waals surface area contributed by atoms with Gasteiger partial charge in [0.1, 0.15) is 0 Å². The lowest BCUT2D eigenvalue weighted by Crippen LogP contribution is -2.30. The first-order chi connectivity index (χ1) is 16.4. The molecule has 0 radical (unpaired) electrons. The van der Waals surface area contributed by atoms with Crippen molar-refractivity contribution in [3.63, 3.8) is 0 Å². The second-order valence-corrected chi connectivity index (χ2v) is 8.66. The fraction of sp³-hybridized carbons (Fsp3) is 0.292. The molecule has 0 spiro atoms. The number of rotatable bonds is 6. The van der Waals surface area contributed by atoms with E-state index in [0.29, 0.717) is 48.1 Å². The number of benzene rings is 2. The molecule has 0 aliphatic carbocycles. The highest BCUT2D eigenvalue weighted by Crippen LogP contribution is 2.41. The summed E-state index contributed by atoms with van der Waals surface area (Å²) in [4.78, 5) is 23.7. The van der Waals surface area contributed by atoms with Gasteiger partial charge in [-0.15, -0.1) is 0 Å². The van der Waals surface area contributed by atoms with Crippen molar-refractivity contribution >= 4 is 35.9 Å². The van der Waals surface area contributed by atoms with Gasteiger partial charge < -0.3 is 30.7 Å². The molecule has 174 valence electrons. The lowest BCUT2D eigenvalue weighted by atomic mass is 9.80. The van der Waals surface area contributed by atoms with E-state index in [0.717, 1.165) is 35.3 Å². The number of amides is 1. The van der Waals surface area contributed by atoms with Gasteiger partial charge in [0.05, 0.1) is 12.3 Å². The number of aryl methyl sites for hydroxylation is 1. The molecule has 2 aliphatic heterocycles. The molecule has 3 heterocycles. The summed E-state index contributed by atoms with van der Waals surface area (Å²) in [7, 11) is -1.52. The number of fused-ring (bicyclic) bond motifs is 2. The number of carbonyl (C=O) groups is 1. The Morgan fingerprint density at radius 3 is 2.88 bits per heavy atom. The number of nitrogens with zero attached hydrogens (tertiary/aromatic N) is 3. The summed E-state index contributed by atoms with van der Waals surface area (Å²) in [5, 5.41) is 22.3. The predicted molar refractivity (Wildman–Crippen MR) is 130 cm³/mol. The van der Waals surface area contributed by atoms with Crippen LogP contribution in [0.25, 0.3) is 0 Å². The molecule has 10 heteroatoms. The van der Waals surface area contributed by atoms with E-state index < -0.39 is 13.0 Å². The van der Waals surface area contributed by atoms with Gasteiger partial charge in [0.15, 0.2) is 11.6 Å². The molecular formula is C24H26BN5O4. The highest BCUT2D eigenvalue weighted by Gasteiger charge is 2.33. The maximum atomic E-state index is 12.0. The van der Waals surface area contributed by atoms with E-state index in [9.17, 15) is 14.8 Å². The summed E-state index contributed by atoms with van der Waals surface area (Å²) >= 11 is 0. The van der Waals surface area contributed by atoms with Gasteiger partial charge in [-0.2, -0.15) is 4.98 Å². The van der Waals surface area contributed by atoms with E-state index in [1.54, 1.807) is 24.3 Å². The van der Waals surface area contributed by atoms with Crippen LogP contribution in [0.3, 0.4) is 0 Å². The van der Waals surface area contributed by atoms with E-state index >= 15 is 0 Å². The Labute approximate surface area is 197 Å². The van der Waals surface area contributed by atoms with Crippen molar-refractivity contribution in [1.82, 2.24) is 9.97 Å². The summed E-state index contributed by atoms with van der Waals surface area (Å²) in [6.45, 7) is 3.09. The first-order valence-corrected chi connectivity index (χ1v) is 11.4. The summed E-state index contributed by atoms with van der Waals surface area (Å²) < 4.78 is 5.92. The second kappa shape index (κ2) is 8.96. The van der Waals surface area contributed by atoms with E-state index in [4.69, 9.17) is 20.4 Å². The van der Waals surface area contributed by atoms with Crippen LogP contribution in [0.15, 0.2) is 42.5 Å². The topological polar surface area (TPSA) is 134 Å². The molecule has 5 rings (SSSR count). The van der Waals surface area contributed by atoms with Gasteiger partial charge in [0.2, 0.25) is 11.9 Å². The lowest BCUT2D eigenvalue weighted by molar-refractivity contribution is 0.0999. The second-order valence-electron chi connectivity index (χ2n) is 8.66. The molecule has 2 aliphatic rings. The van der Waals surface area contributed by atoms with Crippen molar-refractivity contribution in [1.29, 1.82) is 0 Å². The van der Waals surface area contributed by atoms with Crippen molar-refractivity contribution in [2.45, 2.75) is 38.8 Å². The van der Waals surface area contributed by atoms with E-state index in [2.05, 4.69) is 12.2 Å². The average Bonchev–Trinajstić information content (AvgIpc) is 3.18. The maximum Gasteiger partial charge on any atom is 0.488 e. The summed E-state index contributed by atoms with van der Waals surface area (Å²) in [5.74, 6) is 1.33. The Bertz CT molecular complexity index is 1250. The molecule has 3 aromatic rings. The Kier molecular flexibility index (Phi) is 5.85. The number of nitrogens with two attached hydrogens (primary N) is 1. The fourth-order valence-electron chi connectivity index (χ4n) is 4.67. The zero-order chi connectivity index (χ0) is 23.8. The predicted octanol–water partition coefficient (Wildman–Crippen LogP) is 1.28. The molecule has 2 aromatic carbocycles. The van der Waals surface area contributed by atoms with Crippen LogP contribution in [0.5, 0.6) is 5.75 Å². The average molecular weight is 459 g/mol. The molecule has 9 nitrogen and oxygen atoms in total. The number of carbonyl (C=O) groups excluding carboxylic acids is 1. The van der Waals surface area contributed by atoms with E-state index in [-0.39, 0.29) is 6.04 Å². The van der Waals surface area contributed by atoms with Crippen molar-refractivity contribution in [2.24, 2.45) is 5.73 Å². The fourth-order valence-corrected chi connectivity index (χ4v) is 4.67. The monoisotopic (exact) mass is 459 g/mol. The third kappa shape index (κ3) is 4.06. The molecule has 1 amide bonds. The van der Waals surface area contributed by atoms with Gasteiger partial charge in [-0.25, -0.2) is 4.98 Å². The van der Waals surface area contributed by atoms with Crippen LogP contribution in [-0.2, 0) is 19.4 Å². The molecule has 1 atom stereocenters. The third-order valence-corrected chi connectivity index (χ3v) is 6.27. The molecule has 0 saturated carbocycles. The minimum absolute atomic E-state index is 0.0497. The van der Waals surface area contributed by atoms with Crippen LogP contribution in [-0.4, -0.2) is 45.7 Å². The van der Waals surface area contributed by atoms with Gasteiger partial charge in [-0.1, -0.05) is 30.3 Å². The molecule has 0 saturated heterocycles. The zero-order valence-corrected chi connectivity index (χ0v) is 18.9. The Morgan fingerprint density at radius 1 is 1.26 bits per heavy atom. The van der Waals surface area contributed by atoms with E-state index in [1.165, 1.54) is 0 Å². The van der Waals surface area contributed by atoms with Crippen LogP contribution in [0, 0.1) is 0 Å². The van der Waals surface area contributed by atoms with Crippen molar-refractivity contribution in [3.05, 3.63) is 64.8 Å². The number of nitrogens with one attached hydrogen (secondary N) is 1. The van der Waals surface area contributed by atoms with Crippen molar-refractivity contribution in [3.8, 4) is 5.75 Å². The largest absolute Gasteiger partial charge is 0.488 e. The van der Waals surface area contributed by atoms with Gasteiger partial charge in [-0.3, -0.25) is 4.79 Å². The maximum absolute atomic E-state index is 12.0. The van der Waals surface area contributed by atoms with Gasteiger partial charge in [0, 0.05) is 23.8 Å². The number of primary amides is 1. The van der Waals surface area contributed by atoms with Crippen molar-refractivity contribution < 1.29 is 19.6 Å². The van der Waals surface area contributed by atoms with Crippen LogP contribution >= 0.6 is 0 Å². The first-order valence-electron chi connectivity index (χ1n) is 11.4. The normalized spacial score (nSPS) is 16.4. The minimum atomic E-state index is -1.52. The molecule has 1 aromatic heterocycles. The number of anilines is 3. The number of hydrogen-bond donors (Lipinski definition) is 4. The highest BCUT2D eigenvalue weighted by molar-refractivity contribution is 6.58. The van der Waals surface area contributed by atoms with Crippen LogP contribution in [0.4, 0.5) is 17.5 Å². The third-order valence-electron chi connectivity index (χ3n) is 6.27. The van der Waals surface area contributed by atoms with Gasteiger partial charge in [-0.05, 0) is 54.9 Å². The highest BCUT2D eigenvalue weighted by atomic mass is 16.5. The number of aromatic nitrogens is 2. The van der Waals surface area contributed by atoms with Crippen LogP contribution < -0.4 is 26.2 Å². The number of hydrogen-bond acceptors (Lipinski definition) is 8. The minimum Gasteiger partial charge on any atom is -0.488 e. The van der Waals surface area contributed by atoms with Crippen molar-refractivity contribution in [2.75, 3.05) is 16.8 Å². The molecule has 0 fully saturated rings. The molecular weight excluding hydrogens is 433 g/mol. The molecule has 5 N–H and O–H groups in total. The smallest absolute Gasteiger partial charge is 0.488 e. The zero-order valence-electron chi connectivity index (χ0n) is 18.9. The standard InChI is InChI=1S/C24H26BN5O4/c1-14-11-18-17(22(26)31)7-3-9-20(18)30(14)24-28-19-8-4-10-34-21(19)23(29-24)27-13-15-5-2-6-16(12-15)25(32)33/h2-3,5-7,9,12,14,32-33H,4,8,10-11,13H2,1H3,(H2,26,31)(H,27,28,29). The van der Waals surface area contributed by atoms with E-state index in [1.807, 2.05) is 23.1 Å². The Balaban J connectivity index is 1.51. The quantitative estimate of drug-likeness (QED) is 0.405. The lowest BCUT2D eigenvalue weighted by Gasteiger charge is -2.26. The first kappa shape index (κ1) is 22.2. The molecule has 0 bridgehead atoms. The Hall–Kier alpha value is -3.63. The van der Waals surface area contributed by atoms with Crippen LogP contribution in [0.2, 0.25) is 0 Å². The summed E-state index contributed by atoms with van der Waals surface area (Å²) in [6.07, 6.45) is 2.32. The summed E-state index contributed by atoms with van der Waals surface area (Å²) in [5.41, 5.74) is 10.1. The SMILES string of the molecule is CC1Cc2c(C(N)=O)cccc2N1c1nc2c(c(NCc3cccc(B(O)O)c3)n1)OCCC2. The molecule has 34 heavy (non-hydrogen) atoms. The number of ether oxygens (including phenoxy) is 1. The van der Waals surface area contributed by atoms with Gasteiger partial charge in [0.25, 0.3) is 0 Å². The van der Waals surface area contributed by atoms with Gasteiger partial charge >= 0.3 is 7.12 Å².